The Morgan fingerprint density at radius 3 is 2.74 bits per heavy atom. The number of nitrogens with one attached hydrogen (secondary N) is 2. The first-order valence-electron chi connectivity index (χ1n) is 5.73. The Morgan fingerprint density at radius 1 is 1.42 bits per heavy atom. The SMILES string of the molecule is COC(=O)[C@H](C)NC(=O)CCNC(=O)c1ccco1. The predicted octanol–water partition coefficient (Wildman–Crippen LogP) is 0.0772. The third-order valence-corrected chi connectivity index (χ3v) is 2.31. The highest BCUT2D eigenvalue weighted by atomic mass is 16.5. The second kappa shape index (κ2) is 7.20. The third kappa shape index (κ3) is 4.82. The molecule has 104 valence electrons. The van der Waals surface area contributed by atoms with E-state index in [9.17, 15) is 14.4 Å². The summed E-state index contributed by atoms with van der Waals surface area (Å²) in [6.45, 7) is 1.67. The molecule has 1 aromatic rings. The van der Waals surface area contributed by atoms with Crippen molar-refractivity contribution in [1.29, 1.82) is 0 Å². The van der Waals surface area contributed by atoms with Crippen molar-refractivity contribution in [2.24, 2.45) is 0 Å². The molecule has 0 radical (unpaired) electrons. The molecule has 0 unspecified atom stereocenters. The zero-order valence-corrected chi connectivity index (χ0v) is 10.8. The fraction of sp³-hybridized carbons (Fsp3) is 0.417. The highest BCUT2D eigenvalue weighted by Gasteiger charge is 2.15. The maximum atomic E-state index is 11.5. The second-order valence-electron chi connectivity index (χ2n) is 3.80. The summed E-state index contributed by atoms with van der Waals surface area (Å²) in [6, 6.07) is 2.41. The summed E-state index contributed by atoms with van der Waals surface area (Å²) in [5.74, 6) is -1.08. The monoisotopic (exact) mass is 268 g/mol. The van der Waals surface area contributed by atoms with Crippen molar-refractivity contribution in [2.75, 3.05) is 13.7 Å². The molecular formula is C12H16N2O5. The van der Waals surface area contributed by atoms with Crippen molar-refractivity contribution in [3.05, 3.63) is 24.2 Å². The highest BCUT2D eigenvalue weighted by molar-refractivity contribution is 5.91. The van der Waals surface area contributed by atoms with Crippen LogP contribution in [0.3, 0.4) is 0 Å². The predicted molar refractivity (Wildman–Crippen MR) is 65.3 cm³/mol. The molecule has 0 spiro atoms. The van der Waals surface area contributed by atoms with E-state index in [-0.39, 0.29) is 30.5 Å². The number of carbonyl (C=O) groups is 3. The van der Waals surface area contributed by atoms with E-state index in [1.54, 1.807) is 6.07 Å². The van der Waals surface area contributed by atoms with Crippen molar-refractivity contribution < 1.29 is 23.5 Å². The lowest BCUT2D eigenvalue weighted by Crippen LogP contribution is -2.40. The number of furan rings is 1. The molecule has 0 fully saturated rings. The molecule has 7 nitrogen and oxygen atoms in total. The fourth-order valence-corrected chi connectivity index (χ4v) is 1.33. The molecule has 7 heteroatoms. The summed E-state index contributed by atoms with van der Waals surface area (Å²) >= 11 is 0. The van der Waals surface area contributed by atoms with Gasteiger partial charge < -0.3 is 19.8 Å². The summed E-state index contributed by atoms with van der Waals surface area (Å²) in [5, 5.41) is 4.97. The molecular weight excluding hydrogens is 252 g/mol. The molecule has 1 aromatic heterocycles. The molecule has 1 atom stereocenters. The molecule has 0 saturated carbocycles. The van der Waals surface area contributed by atoms with Crippen LogP contribution in [0, 0.1) is 0 Å². The molecule has 0 aliphatic carbocycles. The largest absolute Gasteiger partial charge is 0.467 e. The quantitative estimate of drug-likeness (QED) is 0.712. The topological polar surface area (TPSA) is 97.6 Å². The summed E-state index contributed by atoms with van der Waals surface area (Å²) < 4.78 is 9.36. The van der Waals surface area contributed by atoms with Crippen LogP contribution >= 0.6 is 0 Å². The Kier molecular flexibility index (Phi) is 5.59. The molecule has 0 aromatic carbocycles. The first-order chi connectivity index (χ1) is 9.04. The average molecular weight is 268 g/mol. The van der Waals surface area contributed by atoms with Gasteiger partial charge in [0.25, 0.3) is 5.91 Å². The summed E-state index contributed by atoms with van der Waals surface area (Å²) in [7, 11) is 1.24. The molecule has 2 amide bonds. The fourth-order valence-electron chi connectivity index (χ4n) is 1.33. The van der Waals surface area contributed by atoms with E-state index in [1.807, 2.05) is 0 Å². The van der Waals surface area contributed by atoms with E-state index in [1.165, 1.54) is 26.4 Å². The zero-order chi connectivity index (χ0) is 14.3. The van der Waals surface area contributed by atoms with Crippen LogP contribution in [0.1, 0.15) is 23.9 Å². The average Bonchev–Trinajstić information content (AvgIpc) is 2.91. The van der Waals surface area contributed by atoms with E-state index < -0.39 is 12.0 Å². The molecule has 1 rings (SSSR count). The number of amides is 2. The lowest BCUT2D eigenvalue weighted by Gasteiger charge is -2.11. The molecule has 2 N–H and O–H groups in total. The first-order valence-corrected chi connectivity index (χ1v) is 5.73. The molecule has 0 aliphatic rings. The van der Waals surface area contributed by atoms with E-state index in [4.69, 9.17) is 4.42 Å². The van der Waals surface area contributed by atoms with Gasteiger partial charge in [0.05, 0.1) is 13.4 Å². The van der Waals surface area contributed by atoms with E-state index in [2.05, 4.69) is 15.4 Å². The highest BCUT2D eigenvalue weighted by Crippen LogP contribution is 1.98. The second-order valence-corrected chi connectivity index (χ2v) is 3.80. The minimum atomic E-state index is -0.710. The van der Waals surface area contributed by atoms with Crippen LogP contribution in [0.4, 0.5) is 0 Å². The molecule has 0 aliphatic heterocycles. The van der Waals surface area contributed by atoms with Crippen LogP contribution in [-0.2, 0) is 14.3 Å². The number of carbonyl (C=O) groups excluding carboxylic acids is 3. The number of hydrogen-bond acceptors (Lipinski definition) is 5. The van der Waals surface area contributed by atoms with Gasteiger partial charge in [0, 0.05) is 13.0 Å². The summed E-state index contributed by atoms with van der Waals surface area (Å²) in [5.41, 5.74) is 0. The van der Waals surface area contributed by atoms with Gasteiger partial charge in [-0.25, -0.2) is 4.79 Å². The number of ether oxygens (including phenoxy) is 1. The van der Waals surface area contributed by atoms with E-state index >= 15 is 0 Å². The van der Waals surface area contributed by atoms with Gasteiger partial charge in [-0.05, 0) is 19.1 Å². The minimum Gasteiger partial charge on any atom is -0.467 e. The van der Waals surface area contributed by atoms with Crippen LogP contribution in [0.25, 0.3) is 0 Å². The van der Waals surface area contributed by atoms with Gasteiger partial charge >= 0.3 is 5.97 Å². The van der Waals surface area contributed by atoms with Gasteiger partial charge in [-0.3, -0.25) is 9.59 Å². The van der Waals surface area contributed by atoms with Crippen LogP contribution in [0.2, 0.25) is 0 Å². The maximum Gasteiger partial charge on any atom is 0.328 e. The number of hydrogen-bond donors (Lipinski definition) is 2. The van der Waals surface area contributed by atoms with Gasteiger partial charge in [-0.15, -0.1) is 0 Å². The van der Waals surface area contributed by atoms with Gasteiger partial charge in [-0.2, -0.15) is 0 Å². The van der Waals surface area contributed by atoms with E-state index in [0.717, 1.165) is 0 Å². The summed E-state index contributed by atoms with van der Waals surface area (Å²) in [4.78, 5) is 34.0. The number of methoxy groups -OCH3 is 1. The van der Waals surface area contributed by atoms with Crippen LogP contribution in [-0.4, -0.2) is 37.5 Å². The van der Waals surface area contributed by atoms with Gasteiger partial charge in [0.15, 0.2) is 5.76 Å². The van der Waals surface area contributed by atoms with Crippen LogP contribution in [0.15, 0.2) is 22.8 Å². The van der Waals surface area contributed by atoms with Gasteiger partial charge in [0.2, 0.25) is 5.91 Å². The minimum absolute atomic E-state index is 0.0633. The molecule has 1 heterocycles. The maximum absolute atomic E-state index is 11.5. The number of esters is 1. The van der Waals surface area contributed by atoms with Crippen molar-refractivity contribution in [2.45, 2.75) is 19.4 Å². The lowest BCUT2D eigenvalue weighted by molar-refractivity contribution is -0.144. The Morgan fingerprint density at radius 2 is 2.16 bits per heavy atom. The van der Waals surface area contributed by atoms with Gasteiger partial charge in [0.1, 0.15) is 6.04 Å². The Bertz CT molecular complexity index is 441. The van der Waals surface area contributed by atoms with Crippen molar-refractivity contribution >= 4 is 17.8 Å². The summed E-state index contributed by atoms with van der Waals surface area (Å²) in [6.07, 6.45) is 1.45. The third-order valence-electron chi connectivity index (χ3n) is 2.31. The normalized spacial score (nSPS) is 11.5. The van der Waals surface area contributed by atoms with Crippen molar-refractivity contribution in [3.63, 3.8) is 0 Å². The lowest BCUT2D eigenvalue weighted by atomic mass is 10.3. The van der Waals surface area contributed by atoms with Crippen LogP contribution < -0.4 is 10.6 Å². The Hall–Kier alpha value is -2.31. The Balaban J connectivity index is 2.24. The number of rotatable bonds is 6. The molecule has 0 bridgehead atoms. The Labute approximate surface area is 110 Å². The smallest absolute Gasteiger partial charge is 0.328 e. The van der Waals surface area contributed by atoms with Gasteiger partial charge in [-0.1, -0.05) is 0 Å². The van der Waals surface area contributed by atoms with Crippen molar-refractivity contribution in [3.8, 4) is 0 Å². The zero-order valence-electron chi connectivity index (χ0n) is 10.8. The van der Waals surface area contributed by atoms with E-state index in [0.29, 0.717) is 0 Å². The molecule has 0 saturated heterocycles. The standard InChI is InChI=1S/C12H16N2O5/c1-8(12(17)18-2)14-10(15)5-6-13-11(16)9-4-3-7-19-9/h3-4,7-8H,5-6H2,1-2H3,(H,13,16)(H,14,15)/t8-/m0/s1. The molecule has 19 heavy (non-hydrogen) atoms. The van der Waals surface area contributed by atoms with Crippen LogP contribution in [0.5, 0.6) is 0 Å². The van der Waals surface area contributed by atoms with Crippen molar-refractivity contribution in [1.82, 2.24) is 10.6 Å². The first kappa shape index (κ1) is 14.7.